The molecule has 0 saturated heterocycles. The Morgan fingerprint density at radius 2 is 1.86 bits per heavy atom. The molecule has 0 radical (unpaired) electrons. The van der Waals surface area contributed by atoms with Crippen molar-refractivity contribution in [3.8, 4) is 23.1 Å². The van der Waals surface area contributed by atoms with Crippen LogP contribution in [0.3, 0.4) is 0 Å². The van der Waals surface area contributed by atoms with Gasteiger partial charge in [0.25, 0.3) is 0 Å². The largest absolute Gasteiger partial charge is 0.492 e. The number of benzene rings is 2. The SMILES string of the molecule is CCn1c(-c2ccc(NC(=O)C3CC3)cc2)c(C#N)c2ccc(OCCN(C)CCN(C)C)cc21. The maximum absolute atomic E-state index is 12.1. The predicted molar refractivity (Wildman–Crippen MR) is 141 cm³/mol. The predicted octanol–water partition coefficient (Wildman–Crippen LogP) is 4.42. The minimum atomic E-state index is 0.0922. The summed E-state index contributed by atoms with van der Waals surface area (Å²) < 4.78 is 8.23. The highest BCUT2D eigenvalue weighted by Gasteiger charge is 2.29. The van der Waals surface area contributed by atoms with E-state index in [4.69, 9.17) is 4.74 Å². The third kappa shape index (κ3) is 5.84. The normalized spacial score (nSPS) is 13.4. The molecule has 1 amide bonds. The van der Waals surface area contributed by atoms with Gasteiger partial charge in [-0.2, -0.15) is 5.26 Å². The van der Waals surface area contributed by atoms with Gasteiger partial charge in [-0.3, -0.25) is 4.79 Å². The molecule has 2 aromatic carbocycles. The third-order valence-corrected chi connectivity index (χ3v) is 6.51. The minimum absolute atomic E-state index is 0.0922. The Hall–Kier alpha value is -3.34. The maximum Gasteiger partial charge on any atom is 0.227 e. The molecule has 0 spiro atoms. The molecule has 184 valence electrons. The van der Waals surface area contributed by atoms with Gasteiger partial charge in [0, 0.05) is 49.2 Å². The number of carbonyl (C=O) groups is 1. The van der Waals surface area contributed by atoms with Gasteiger partial charge < -0.3 is 24.4 Å². The van der Waals surface area contributed by atoms with Crippen molar-refractivity contribution in [3.63, 3.8) is 0 Å². The number of hydrogen-bond acceptors (Lipinski definition) is 5. The van der Waals surface area contributed by atoms with Gasteiger partial charge in [-0.05, 0) is 70.7 Å². The quantitative estimate of drug-likeness (QED) is 0.446. The number of anilines is 1. The Morgan fingerprint density at radius 3 is 2.49 bits per heavy atom. The molecule has 1 N–H and O–H groups in total. The number of nitriles is 1. The summed E-state index contributed by atoms with van der Waals surface area (Å²) >= 11 is 0. The van der Waals surface area contributed by atoms with Crippen LogP contribution in [0, 0.1) is 17.2 Å². The number of likely N-dealkylation sites (N-methyl/N-ethyl adjacent to an activating group) is 2. The van der Waals surface area contributed by atoms with Crippen molar-refractivity contribution in [1.82, 2.24) is 14.4 Å². The van der Waals surface area contributed by atoms with Gasteiger partial charge >= 0.3 is 0 Å². The van der Waals surface area contributed by atoms with Crippen molar-refractivity contribution >= 4 is 22.5 Å². The molecule has 1 fully saturated rings. The fourth-order valence-electron chi connectivity index (χ4n) is 4.26. The molecule has 7 nitrogen and oxygen atoms in total. The molecular weight excluding hydrogens is 438 g/mol. The van der Waals surface area contributed by atoms with Crippen LogP contribution in [0.2, 0.25) is 0 Å². The van der Waals surface area contributed by atoms with Crippen molar-refractivity contribution in [2.24, 2.45) is 5.92 Å². The molecule has 3 aromatic rings. The lowest BCUT2D eigenvalue weighted by Gasteiger charge is -2.19. The first kappa shape index (κ1) is 24.8. The molecule has 35 heavy (non-hydrogen) atoms. The zero-order valence-corrected chi connectivity index (χ0v) is 21.2. The molecule has 0 aliphatic heterocycles. The molecule has 1 heterocycles. The fraction of sp³-hybridized carbons (Fsp3) is 0.429. The molecular formula is C28H35N5O2. The van der Waals surface area contributed by atoms with Gasteiger partial charge in [-0.15, -0.1) is 0 Å². The first-order chi connectivity index (χ1) is 16.9. The summed E-state index contributed by atoms with van der Waals surface area (Å²) in [4.78, 5) is 16.5. The number of rotatable bonds is 11. The van der Waals surface area contributed by atoms with Crippen molar-refractivity contribution in [2.75, 3.05) is 52.7 Å². The van der Waals surface area contributed by atoms with Crippen LogP contribution in [-0.2, 0) is 11.3 Å². The van der Waals surface area contributed by atoms with Crippen LogP contribution in [0.4, 0.5) is 5.69 Å². The smallest absolute Gasteiger partial charge is 0.227 e. The second kappa shape index (κ2) is 10.9. The molecule has 1 aliphatic carbocycles. The van der Waals surface area contributed by atoms with E-state index in [9.17, 15) is 10.1 Å². The van der Waals surface area contributed by atoms with E-state index in [1.165, 1.54) is 0 Å². The van der Waals surface area contributed by atoms with Gasteiger partial charge in [-0.25, -0.2) is 0 Å². The van der Waals surface area contributed by atoms with Crippen LogP contribution < -0.4 is 10.1 Å². The summed E-state index contributed by atoms with van der Waals surface area (Å²) in [6.45, 7) is 6.27. The number of fused-ring (bicyclic) bond motifs is 1. The molecule has 0 atom stereocenters. The van der Waals surface area contributed by atoms with Crippen molar-refractivity contribution in [1.29, 1.82) is 5.26 Å². The number of aromatic nitrogens is 1. The summed E-state index contributed by atoms with van der Waals surface area (Å²) in [5.74, 6) is 1.06. The second-order valence-corrected chi connectivity index (χ2v) is 9.55. The number of ether oxygens (including phenoxy) is 1. The van der Waals surface area contributed by atoms with Crippen LogP contribution in [0.15, 0.2) is 42.5 Å². The van der Waals surface area contributed by atoms with Crippen LogP contribution >= 0.6 is 0 Å². The van der Waals surface area contributed by atoms with Gasteiger partial charge in [0.05, 0.1) is 16.8 Å². The summed E-state index contributed by atoms with van der Waals surface area (Å²) in [6, 6.07) is 16.2. The van der Waals surface area contributed by atoms with Crippen LogP contribution in [0.5, 0.6) is 5.75 Å². The number of nitrogens with zero attached hydrogens (tertiary/aromatic N) is 4. The fourth-order valence-corrected chi connectivity index (χ4v) is 4.26. The Labute approximate surface area is 207 Å². The molecule has 1 aliphatic rings. The maximum atomic E-state index is 12.1. The molecule has 1 aromatic heterocycles. The molecule has 1 saturated carbocycles. The van der Waals surface area contributed by atoms with E-state index < -0.39 is 0 Å². The standard InChI is InChI=1S/C28H35N5O2/c1-5-33-26-18-23(35-17-16-32(4)15-14-31(2)3)12-13-24(26)25(19-29)27(33)20-8-10-22(11-9-20)30-28(34)21-6-7-21/h8-13,18,21H,5-7,14-17H2,1-4H3,(H,30,34). The van der Waals surface area contributed by atoms with E-state index in [2.05, 4.69) is 53.8 Å². The van der Waals surface area contributed by atoms with Gasteiger partial charge in [-0.1, -0.05) is 12.1 Å². The summed E-state index contributed by atoms with van der Waals surface area (Å²) in [6.07, 6.45) is 1.95. The van der Waals surface area contributed by atoms with E-state index in [0.29, 0.717) is 12.2 Å². The molecule has 4 rings (SSSR count). The monoisotopic (exact) mass is 473 g/mol. The number of carbonyl (C=O) groups excluding carboxylic acids is 1. The first-order valence-electron chi connectivity index (χ1n) is 12.3. The Kier molecular flexibility index (Phi) is 7.74. The molecule has 0 bridgehead atoms. The lowest BCUT2D eigenvalue weighted by molar-refractivity contribution is -0.117. The van der Waals surface area contributed by atoms with Crippen LogP contribution in [0.1, 0.15) is 25.3 Å². The average Bonchev–Trinajstić information content (AvgIpc) is 3.65. The number of hydrogen-bond donors (Lipinski definition) is 1. The van der Waals surface area contributed by atoms with Crippen LogP contribution in [0.25, 0.3) is 22.2 Å². The van der Waals surface area contributed by atoms with Gasteiger partial charge in [0.1, 0.15) is 18.4 Å². The Morgan fingerprint density at radius 1 is 1.11 bits per heavy atom. The number of nitrogens with one attached hydrogen (secondary N) is 1. The zero-order valence-electron chi connectivity index (χ0n) is 21.2. The average molecular weight is 474 g/mol. The van der Waals surface area contributed by atoms with Gasteiger partial charge in [0.2, 0.25) is 5.91 Å². The summed E-state index contributed by atoms with van der Waals surface area (Å²) in [5.41, 5.74) is 4.28. The van der Waals surface area contributed by atoms with Crippen molar-refractivity contribution < 1.29 is 9.53 Å². The van der Waals surface area contributed by atoms with E-state index in [-0.39, 0.29) is 11.8 Å². The summed E-state index contributed by atoms with van der Waals surface area (Å²) in [7, 11) is 6.26. The van der Waals surface area contributed by atoms with Crippen molar-refractivity contribution in [3.05, 3.63) is 48.0 Å². The van der Waals surface area contributed by atoms with Crippen LogP contribution in [-0.4, -0.2) is 67.7 Å². The zero-order chi connectivity index (χ0) is 24.9. The molecule has 0 unspecified atom stereocenters. The lowest BCUT2D eigenvalue weighted by atomic mass is 10.1. The number of aryl methyl sites for hydroxylation is 1. The minimum Gasteiger partial charge on any atom is -0.492 e. The topological polar surface area (TPSA) is 73.5 Å². The third-order valence-electron chi connectivity index (χ3n) is 6.51. The van der Waals surface area contributed by atoms with Crippen molar-refractivity contribution in [2.45, 2.75) is 26.3 Å². The van der Waals surface area contributed by atoms with E-state index in [1.54, 1.807) is 0 Å². The summed E-state index contributed by atoms with van der Waals surface area (Å²) in [5, 5.41) is 13.9. The van der Waals surface area contributed by atoms with Gasteiger partial charge in [0.15, 0.2) is 0 Å². The van der Waals surface area contributed by atoms with E-state index in [1.807, 2.05) is 42.5 Å². The highest BCUT2D eigenvalue weighted by molar-refractivity contribution is 5.96. The number of amides is 1. The lowest BCUT2D eigenvalue weighted by Crippen LogP contribution is -2.31. The first-order valence-corrected chi connectivity index (χ1v) is 12.3. The second-order valence-electron chi connectivity index (χ2n) is 9.55. The highest BCUT2D eigenvalue weighted by Crippen LogP contribution is 2.36. The van der Waals surface area contributed by atoms with E-state index in [0.717, 1.165) is 72.6 Å². The highest BCUT2D eigenvalue weighted by atomic mass is 16.5. The Balaban J connectivity index is 1.54. The Bertz CT molecular complexity index is 1220. The van der Waals surface area contributed by atoms with E-state index >= 15 is 0 Å². The molecule has 7 heteroatoms.